The first-order valence-electron chi connectivity index (χ1n) is 19.3. The van der Waals surface area contributed by atoms with Gasteiger partial charge in [-0.05, 0) is 82.4 Å². The third kappa shape index (κ3) is 13.2. The van der Waals surface area contributed by atoms with Gasteiger partial charge in [0.1, 0.15) is 23.2 Å². The fourth-order valence-corrected chi connectivity index (χ4v) is 7.05. The molecule has 0 spiro atoms. The molecule has 0 bridgehead atoms. The normalized spacial score (nSPS) is 17.1. The monoisotopic (exact) mass is 731 g/mol. The Bertz CT molecular complexity index is 1540. The van der Waals surface area contributed by atoms with Gasteiger partial charge in [-0.3, -0.25) is 9.59 Å². The zero-order valence-corrected chi connectivity index (χ0v) is 32.4. The second kappa shape index (κ2) is 19.6. The van der Waals surface area contributed by atoms with Crippen molar-refractivity contribution in [2.75, 3.05) is 6.61 Å². The van der Waals surface area contributed by atoms with Gasteiger partial charge in [-0.1, -0.05) is 94.5 Å². The molecule has 4 rings (SSSR count). The number of hydrogen-bond donors (Lipinski definition) is 5. The summed E-state index contributed by atoms with van der Waals surface area (Å²) in [5.74, 6) is 0.726. The van der Waals surface area contributed by atoms with Crippen LogP contribution in [0.2, 0.25) is 0 Å². The van der Waals surface area contributed by atoms with Crippen LogP contribution in [-0.4, -0.2) is 63.4 Å². The van der Waals surface area contributed by atoms with E-state index in [9.17, 15) is 19.5 Å². The lowest BCUT2D eigenvalue weighted by atomic mass is 9.80. The van der Waals surface area contributed by atoms with Crippen molar-refractivity contribution in [3.8, 4) is 5.75 Å². The first-order valence-corrected chi connectivity index (χ1v) is 19.3. The van der Waals surface area contributed by atoms with Crippen molar-refractivity contribution < 1.29 is 29.0 Å². The van der Waals surface area contributed by atoms with Gasteiger partial charge in [0, 0.05) is 18.8 Å². The van der Waals surface area contributed by atoms with Crippen LogP contribution in [0.1, 0.15) is 104 Å². The number of carbonyl (C=O) groups is 3. The van der Waals surface area contributed by atoms with Crippen molar-refractivity contribution >= 4 is 17.9 Å². The molecule has 1 aliphatic rings. The van der Waals surface area contributed by atoms with Crippen LogP contribution >= 0.6 is 0 Å². The van der Waals surface area contributed by atoms with Crippen molar-refractivity contribution in [2.45, 2.75) is 129 Å². The number of rotatable bonds is 18. The highest BCUT2D eigenvalue weighted by atomic mass is 16.6. The molecule has 290 valence electrons. The molecule has 1 unspecified atom stereocenters. The highest BCUT2D eigenvalue weighted by Crippen LogP contribution is 2.31. The first kappa shape index (κ1) is 41.4. The molecule has 0 radical (unpaired) electrons. The maximum atomic E-state index is 14.6. The number of hydrogen-bond acceptors (Lipinski definition) is 7. The second-order valence-electron chi connectivity index (χ2n) is 16.0. The molecule has 1 saturated carbocycles. The summed E-state index contributed by atoms with van der Waals surface area (Å²) >= 11 is 0. The number of aliphatic hydroxyl groups is 1. The molecule has 11 heteroatoms. The number of para-hydroxylation sites is 1. The number of carbonyl (C=O) groups excluding carboxylic acids is 3. The minimum Gasteiger partial charge on any atom is -0.494 e. The average molecular weight is 732 g/mol. The molecule has 1 fully saturated rings. The zero-order valence-electron chi connectivity index (χ0n) is 32.4. The summed E-state index contributed by atoms with van der Waals surface area (Å²) in [6, 6.07) is 17.4. The molecule has 3 aromatic rings. The summed E-state index contributed by atoms with van der Waals surface area (Å²) in [7, 11) is 0. The Morgan fingerprint density at radius 3 is 2.21 bits per heavy atom. The van der Waals surface area contributed by atoms with Gasteiger partial charge in [-0.15, -0.1) is 0 Å². The van der Waals surface area contributed by atoms with E-state index in [-0.39, 0.29) is 24.1 Å². The van der Waals surface area contributed by atoms with Crippen LogP contribution in [0.4, 0.5) is 4.79 Å². The summed E-state index contributed by atoms with van der Waals surface area (Å²) in [6.07, 6.45) is 9.08. The van der Waals surface area contributed by atoms with Gasteiger partial charge in [-0.2, -0.15) is 0 Å². The molecule has 0 aliphatic heterocycles. The van der Waals surface area contributed by atoms with Crippen molar-refractivity contribution in [2.24, 2.45) is 17.8 Å². The minimum absolute atomic E-state index is 0.147. The molecule has 2 aromatic carbocycles. The Balaban J connectivity index is 1.55. The van der Waals surface area contributed by atoms with Crippen LogP contribution in [0, 0.1) is 17.8 Å². The Morgan fingerprint density at radius 2 is 1.60 bits per heavy atom. The van der Waals surface area contributed by atoms with Gasteiger partial charge in [0.05, 0.1) is 18.8 Å². The van der Waals surface area contributed by atoms with Gasteiger partial charge in [0.15, 0.2) is 5.54 Å². The van der Waals surface area contributed by atoms with Gasteiger partial charge >= 0.3 is 6.09 Å². The summed E-state index contributed by atoms with van der Waals surface area (Å²) in [5.41, 5.74) is -1.63. The number of nitrogens with zero attached hydrogens (tertiary/aromatic N) is 1. The van der Waals surface area contributed by atoms with Crippen LogP contribution in [0.5, 0.6) is 5.75 Å². The number of benzene rings is 2. The van der Waals surface area contributed by atoms with E-state index < -0.39 is 47.2 Å². The third-order valence-corrected chi connectivity index (χ3v) is 10.2. The Hall–Kier alpha value is -4.38. The Morgan fingerprint density at radius 1 is 0.943 bits per heavy atom. The highest BCUT2D eigenvalue weighted by Gasteiger charge is 2.43. The quantitative estimate of drug-likeness (QED) is 0.0962. The maximum Gasteiger partial charge on any atom is 0.408 e. The summed E-state index contributed by atoms with van der Waals surface area (Å²) < 4.78 is 11.5. The number of aliphatic hydroxyl groups excluding tert-OH is 1. The molecular weight excluding hydrogens is 670 g/mol. The number of H-pyrrole nitrogens is 1. The third-order valence-electron chi connectivity index (χ3n) is 10.2. The summed E-state index contributed by atoms with van der Waals surface area (Å²) in [5, 5.41) is 20.7. The number of aromatic amines is 1. The van der Waals surface area contributed by atoms with E-state index in [1.807, 2.05) is 60.7 Å². The van der Waals surface area contributed by atoms with Crippen LogP contribution in [-0.2, 0) is 26.3 Å². The molecule has 5 N–H and O–H groups in total. The number of nitrogens with one attached hydrogen (secondary N) is 4. The van der Waals surface area contributed by atoms with Crippen molar-refractivity contribution in [3.05, 3.63) is 84.4 Å². The van der Waals surface area contributed by atoms with Gasteiger partial charge in [0.25, 0.3) is 5.91 Å². The van der Waals surface area contributed by atoms with Gasteiger partial charge in [0.2, 0.25) is 5.91 Å². The van der Waals surface area contributed by atoms with E-state index in [2.05, 4.69) is 39.8 Å². The second-order valence-corrected chi connectivity index (χ2v) is 16.0. The standard InChI is InChI=1S/C42H61N5O6/c1-29(2)32(22-25-52-33-20-14-9-15-21-33)28-36(48)34(26-30-16-10-7-11-17-30)45-39(50)42(6,38-43-23-24-44-38)47-37(49)35(27-31-18-12-8-13-19-31)46-40(51)53-41(3,4)5/h8-9,12-15,18-21,23-24,29-30,32,34-36,48H,7,10-11,16-17,22,25-28H2,1-6H3,(H,43,44)(H,45,50)(H,46,51)(H,47,49)/t32-,34-,35?,36-,42-/m0/s1. The number of amides is 3. The molecule has 1 aliphatic carbocycles. The Labute approximate surface area is 315 Å². The molecule has 1 aromatic heterocycles. The van der Waals surface area contributed by atoms with Gasteiger partial charge < -0.3 is 35.5 Å². The largest absolute Gasteiger partial charge is 0.494 e. The molecule has 3 amide bonds. The number of aromatic nitrogens is 2. The number of alkyl carbamates (subject to hydrolysis) is 1. The molecule has 1 heterocycles. The molecular formula is C42H61N5O6. The topological polar surface area (TPSA) is 155 Å². The lowest BCUT2D eigenvalue weighted by molar-refractivity contribution is -0.135. The van der Waals surface area contributed by atoms with Crippen molar-refractivity contribution in [3.63, 3.8) is 0 Å². The highest BCUT2D eigenvalue weighted by molar-refractivity contribution is 5.94. The molecule has 53 heavy (non-hydrogen) atoms. The average Bonchev–Trinajstić information content (AvgIpc) is 3.67. The van der Waals surface area contributed by atoms with E-state index in [0.717, 1.165) is 43.4 Å². The predicted octanol–water partition coefficient (Wildman–Crippen LogP) is 6.82. The Kier molecular flexibility index (Phi) is 15.3. The predicted molar refractivity (Wildman–Crippen MR) is 206 cm³/mol. The number of imidazole rings is 1. The molecule has 0 saturated heterocycles. The zero-order chi connectivity index (χ0) is 38.4. The van der Waals surface area contributed by atoms with Crippen LogP contribution < -0.4 is 20.7 Å². The molecule has 5 atom stereocenters. The fraction of sp³-hybridized carbons (Fsp3) is 0.571. The van der Waals surface area contributed by atoms with E-state index in [4.69, 9.17) is 9.47 Å². The van der Waals surface area contributed by atoms with Crippen LogP contribution in [0.3, 0.4) is 0 Å². The van der Waals surface area contributed by atoms with E-state index in [0.29, 0.717) is 25.4 Å². The SMILES string of the molecule is CC(C)[C@@H](CCOc1ccccc1)C[C@H](O)[C@H](CC1CCCCC1)NC(=O)[C@@](C)(NC(=O)C(Cc1ccccc1)NC(=O)OC(C)(C)C)c1ncc[nH]1. The first-order chi connectivity index (χ1) is 25.2. The van der Waals surface area contributed by atoms with Crippen LogP contribution in [0.15, 0.2) is 73.1 Å². The summed E-state index contributed by atoms with van der Waals surface area (Å²) in [6.45, 7) is 11.6. The van der Waals surface area contributed by atoms with E-state index in [1.165, 1.54) is 12.6 Å². The van der Waals surface area contributed by atoms with Crippen LogP contribution in [0.25, 0.3) is 0 Å². The minimum atomic E-state index is -1.67. The van der Waals surface area contributed by atoms with Crippen molar-refractivity contribution in [1.29, 1.82) is 0 Å². The smallest absolute Gasteiger partial charge is 0.408 e. The van der Waals surface area contributed by atoms with E-state index in [1.54, 1.807) is 33.9 Å². The maximum absolute atomic E-state index is 14.6. The fourth-order valence-electron chi connectivity index (χ4n) is 7.05. The lowest BCUT2D eigenvalue weighted by Gasteiger charge is -2.36. The summed E-state index contributed by atoms with van der Waals surface area (Å²) in [4.78, 5) is 49.1. The lowest BCUT2D eigenvalue weighted by Crippen LogP contribution is -2.62. The van der Waals surface area contributed by atoms with Crippen molar-refractivity contribution in [1.82, 2.24) is 25.9 Å². The van der Waals surface area contributed by atoms with E-state index >= 15 is 0 Å². The number of ether oxygens (including phenoxy) is 2. The molecule has 11 nitrogen and oxygen atoms in total. The van der Waals surface area contributed by atoms with Gasteiger partial charge in [-0.25, -0.2) is 9.78 Å².